The number of likely N-dealkylation sites (tertiary alicyclic amines) is 1. The summed E-state index contributed by atoms with van der Waals surface area (Å²) < 4.78 is 0. The number of carbonyl (C=O) groups is 3. The second-order valence-corrected chi connectivity index (χ2v) is 11.2. The SMILES string of the molecule is CC(C)(C)NC(=O)N1CCCN(c2ccc(NC(=O)C3CCC3)cc2C(=O)N2CCCCC2)CC1. The molecule has 192 valence electrons. The number of amides is 4. The molecule has 0 bridgehead atoms. The quantitative estimate of drug-likeness (QED) is 0.676. The zero-order valence-corrected chi connectivity index (χ0v) is 21.6. The number of rotatable bonds is 4. The molecule has 1 aliphatic carbocycles. The third-order valence-corrected chi connectivity index (χ3v) is 7.22. The van der Waals surface area contributed by atoms with Gasteiger partial charge in [-0.2, -0.15) is 0 Å². The highest BCUT2D eigenvalue weighted by Crippen LogP contribution is 2.31. The maximum atomic E-state index is 13.6. The minimum absolute atomic E-state index is 0.0334. The van der Waals surface area contributed by atoms with Crippen LogP contribution in [0.2, 0.25) is 0 Å². The van der Waals surface area contributed by atoms with Crippen molar-refractivity contribution in [1.82, 2.24) is 15.1 Å². The predicted molar refractivity (Wildman–Crippen MR) is 139 cm³/mol. The van der Waals surface area contributed by atoms with Crippen molar-refractivity contribution in [1.29, 1.82) is 0 Å². The molecule has 2 aliphatic heterocycles. The standard InChI is InChI=1S/C27H41N5O3/c1-27(2,3)29-26(35)32-16-8-15-30(17-18-32)23-12-11-21(28-24(33)20-9-7-10-20)19-22(23)25(34)31-13-5-4-6-14-31/h11-12,19-20H,4-10,13-18H2,1-3H3,(H,28,33)(H,29,35). The van der Waals surface area contributed by atoms with Crippen LogP contribution in [0.25, 0.3) is 0 Å². The van der Waals surface area contributed by atoms with Gasteiger partial charge in [-0.15, -0.1) is 0 Å². The average molecular weight is 484 g/mol. The van der Waals surface area contributed by atoms with E-state index in [0.717, 1.165) is 70.3 Å². The lowest BCUT2D eigenvalue weighted by molar-refractivity contribution is -0.122. The zero-order chi connectivity index (χ0) is 25.0. The van der Waals surface area contributed by atoms with E-state index in [4.69, 9.17) is 0 Å². The number of anilines is 2. The lowest BCUT2D eigenvalue weighted by Gasteiger charge is -2.31. The summed E-state index contributed by atoms with van der Waals surface area (Å²) in [7, 11) is 0. The Morgan fingerprint density at radius 2 is 1.54 bits per heavy atom. The van der Waals surface area contributed by atoms with Crippen LogP contribution in [0.15, 0.2) is 18.2 Å². The molecule has 0 atom stereocenters. The molecule has 0 spiro atoms. The highest BCUT2D eigenvalue weighted by Gasteiger charge is 2.28. The van der Waals surface area contributed by atoms with Crippen molar-refractivity contribution in [3.05, 3.63) is 23.8 Å². The molecule has 3 fully saturated rings. The van der Waals surface area contributed by atoms with Gasteiger partial charge in [0.05, 0.1) is 5.56 Å². The van der Waals surface area contributed by atoms with E-state index >= 15 is 0 Å². The molecule has 4 rings (SSSR count). The second kappa shape index (κ2) is 10.9. The van der Waals surface area contributed by atoms with Gasteiger partial charge in [0.15, 0.2) is 0 Å². The minimum atomic E-state index is -0.281. The van der Waals surface area contributed by atoms with Gasteiger partial charge >= 0.3 is 6.03 Å². The Balaban J connectivity index is 1.53. The fraction of sp³-hybridized carbons (Fsp3) is 0.667. The van der Waals surface area contributed by atoms with Gasteiger partial charge in [-0.3, -0.25) is 9.59 Å². The van der Waals surface area contributed by atoms with Gasteiger partial charge in [0.25, 0.3) is 5.91 Å². The number of piperidine rings is 1. The van der Waals surface area contributed by atoms with Crippen LogP contribution < -0.4 is 15.5 Å². The van der Waals surface area contributed by atoms with E-state index in [9.17, 15) is 14.4 Å². The fourth-order valence-electron chi connectivity index (χ4n) is 5.00. The molecule has 8 heteroatoms. The van der Waals surface area contributed by atoms with Gasteiger partial charge in [0, 0.05) is 62.1 Å². The first-order valence-corrected chi connectivity index (χ1v) is 13.3. The van der Waals surface area contributed by atoms with Crippen molar-refractivity contribution in [3.63, 3.8) is 0 Å². The first kappa shape index (κ1) is 25.3. The monoisotopic (exact) mass is 483 g/mol. The summed E-state index contributed by atoms with van der Waals surface area (Å²) >= 11 is 0. The Kier molecular flexibility index (Phi) is 7.87. The van der Waals surface area contributed by atoms with E-state index in [1.54, 1.807) is 0 Å². The first-order chi connectivity index (χ1) is 16.7. The van der Waals surface area contributed by atoms with E-state index in [0.29, 0.717) is 30.9 Å². The van der Waals surface area contributed by atoms with E-state index in [-0.39, 0.29) is 29.3 Å². The smallest absolute Gasteiger partial charge is 0.317 e. The molecule has 0 unspecified atom stereocenters. The Morgan fingerprint density at radius 3 is 2.20 bits per heavy atom. The summed E-state index contributed by atoms with van der Waals surface area (Å²) in [5.74, 6) is 0.174. The van der Waals surface area contributed by atoms with Gasteiger partial charge in [-0.25, -0.2) is 4.79 Å². The van der Waals surface area contributed by atoms with Crippen LogP contribution in [0.3, 0.4) is 0 Å². The summed E-state index contributed by atoms with van der Waals surface area (Å²) in [6.45, 7) is 10.2. The maximum Gasteiger partial charge on any atom is 0.317 e. The second-order valence-electron chi connectivity index (χ2n) is 11.2. The van der Waals surface area contributed by atoms with Crippen LogP contribution in [-0.2, 0) is 4.79 Å². The van der Waals surface area contributed by atoms with E-state index in [1.165, 1.54) is 0 Å². The molecular formula is C27H41N5O3. The van der Waals surface area contributed by atoms with E-state index in [2.05, 4.69) is 15.5 Å². The molecular weight excluding hydrogens is 442 g/mol. The normalized spacial score (nSPS) is 19.6. The zero-order valence-electron chi connectivity index (χ0n) is 21.6. The summed E-state index contributed by atoms with van der Waals surface area (Å²) in [4.78, 5) is 44.9. The van der Waals surface area contributed by atoms with Gasteiger partial charge in [-0.1, -0.05) is 6.42 Å². The molecule has 0 radical (unpaired) electrons. The largest absolute Gasteiger partial charge is 0.369 e. The molecule has 2 heterocycles. The lowest BCUT2D eigenvalue weighted by Crippen LogP contribution is -2.49. The Bertz CT molecular complexity index is 931. The van der Waals surface area contributed by atoms with Crippen molar-refractivity contribution in [2.24, 2.45) is 5.92 Å². The molecule has 1 aromatic rings. The van der Waals surface area contributed by atoms with Crippen molar-refractivity contribution < 1.29 is 14.4 Å². The molecule has 4 amide bonds. The number of nitrogens with zero attached hydrogens (tertiary/aromatic N) is 3. The van der Waals surface area contributed by atoms with Crippen molar-refractivity contribution in [2.45, 2.75) is 71.3 Å². The number of carbonyl (C=O) groups excluding carboxylic acids is 3. The van der Waals surface area contributed by atoms with Gasteiger partial charge in [0.2, 0.25) is 5.91 Å². The van der Waals surface area contributed by atoms with Crippen LogP contribution in [0.1, 0.15) is 76.1 Å². The molecule has 3 aliphatic rings. The van der Waals surface area contributed by atoms with Gasteiger partial charge in [0.1, 0.15) is 0 Å². The van der Waals surface area contributed by atoms with Crippen molar-refractivity contribution >= 4 is 29.2 Å². The average Bonchev–Trinajstić information content (AvgIpc) is 3.03. The molecule has 1 saturated carbocycles. The van der Waals surface area contributed by atoms with Crippen molar-refractivity contribution in [3.8, 4) is 0 Å². The molecule has 2 saturated heterocycles. The highest BCUT2D eigenvalue weighted by atomic mass is 16.2. The number of hydrogen-bond donors (Lipinski definition) is 2. The van der Waals surface area contributed by atoms with E-state index in [1.807, 2.05) is 48.8 Å². The molecule has 8 nitrogen and oxygen atoms in total. The summed E-state index contributed by atoms with van der Waals surface area (Å²) in [6, 6.07) is 5.70. The highest BCUT2D eigenvalue weighted by molar-refractivity contribution is 6.02. The number of nitrogens with one attached hydrogen (secondary N) is 2. The topological polar surface area (TPSA) is 85.0 Å². The number of benzene rings is 1. The third-order valence-electron chi connectivity index (χ3n) is 7.22. The Morgan fingerprint density at radius 1 is 0.829 bits per heavy atom. The first-order valence-electron chi connectivity index (χ1n) is 13.3. The van der Waals surface area contributed by atoms with Crippen LogP contribution in [0, 0.1) is 5.92 Å². The molecule has 1 aromatic carbocycles. The van der Waals surface area contributed by atoms with Crippen LogP contribution in [0.5, 0.6) is 0 Å². The fourth-order valence-corrected chi connectivity index (χ4v) is 5.00. The van der Waals surface area contributed by atoms with Crippen molar-refractivity contribution in [2.75, 3.05) is 49.5 Å². The van der Waals surface area contributed by atoms with Gasteiger partial charge < -0.3 is 25.3 Å². The van der Waals surface area contributed by atoms with Crippen LogP contribution in [-0.4, -0.2) is 72.5 Å². The number of urea groups is 1. The summed E-state index contributed by atoms with van der Waals surface area (Å²) in [6.07, 6.45) is 7.03. The van der Waals surface area contributed by atoms with Crippen LogP contribution >= 0.6 is 0 Å². The Hall–Kier alpha value is -2.77. The summed E-state index contributed by atoms with van der Waals surface area (Å²) in [5, 5.41) is 6.09. The Labute approximate surface area is 209 Å². The third kappa shape index (κ3) is 6.47. The van der Waals surface area contributed by atoms with Crippen LogP contribution in [0.4, 0.5) is 16.2 Å². The molecule has 0 aromatic heterocycles. The molecule has 35 heavy (non-hydrogen) atoms. The van der Waals surface area contributed by atoms with E-state index < -0.39 is 0 Å². The predicted octanol–water partition coefficient (Wildman–Crippen LogP) is 4.07. The minimum Gasteiger partial charge on any atom is -0.369 e. The maximum absolute atomic E-state index is 13.6. The lowest BCUT2D eigenvalue weighted by atomic mass is 9.85. The van der Waals surface area contributed by atoms with Gasteiger partial charge in [-0.05, 0) is 77.5 Å². The molecule has 2 N–H and O–H groups in total. The number of hydrogen-bond acceptors (Lipinski definition) is 4. The summed E-state index contributed by atoms with van der Waals surface area (Å²) in [5.41, 5.74) is 1.94.